The summed E-state index contributed by atoms with van der Waals surface area (Å²) < 4.78 is 0. The molecule has 26 heavy (non-hydrogen) atoms. The molecule has 0 atom stereocenters. The normalized spacial score (nSPS) is 11.4. The van der Waals surface area contributed by atoms with E-state index in [1.165, 1.54) is 21.7 Å². The molecule has 0 aliphatic carbocycles. The molecule has 0 saturated carbocycles. The van der Waals surface area contributed by atoms with E-state index in [0.717, 1.165) is 0 Å². The van der Waals surface area contributed by atoms with Gasteiger partial charge in [-0.15, -0.1) is 30.0 Å². The molecule has 3 aromatic carbocycles. The third-order valence-electron chi connectivity index (χ3n) is 4.10. The van der Waals surface area contributed by atoms with E-state index in [9.17, 15) is 10.2 Å². The number of nitrogens with zero attached hydrogens (tertiary/aromatic N) is 6. The smallest absolute Gasteiger partial charge is 0.174 e. The van der Waals surface area contributed by atoms with Crippen molar-refractivity contribution >= 4 is 22.1 Å². The molecule has 0 unspecified atom stereocenters. The van der Waals surface area contributed by atoms with Gasteiger partial charge in [0, 0.05) is 0 Å². The zero-order valence-corrected chi connectivity index (χ0v) is 13.4. The number of rotatable bonds is 2. The number of hydrogen-bond acceptors (Lipinski definition) is 6. The summed E-state index contributed by atoms with van der Waals surface area (Å²) in [4.78, 5) is 2.54. The van der Waals surface area contributed by atoms with Gasteiger partial charge in [-0.2, -0.15) is 0 Å². The zero-order chi connectivity index (χ0) is 17.7. The van der Waals surface area contributed by atoms with E-state index < -0.39 is 0 Å². The molecule has 0 saturated heterocycles. The van der Waals surface area contributed by atoms with Gasteiger partial charge in [0.15, 0.2) is 11.4 Å². The van der Waals surface area contributed by atoms with E-state index in [2.05, 4.69) is 20.4 Å². The number of aromatic nitrogens is 6. The summed E-state index contributed by atoms with van der Waals surface area (Å²) in [5.41, 5.74) is 3.09. The van der Waals surface area contributed by atoms with Gasteiger partial charge in [0.1, 0.15) is 33.5 Å². The molecule has 0 fully saturated rings. The largest absolute Gasteiger partial charge is 0.505 e. The van der Waals surface area contributed by atoms with E-state index in [1.54, 1.807) is 12.1 Å². The Morgan fingerprint density at radius 2 is 1.04 bits per heavy atom. The average Bonchev–Trinajstić information content (AvgIpc) is 3.25. The number of benzene rings is 3. The number of phenolic OH excluding ortho intramolecular Hbond substituents is 2. The maximum atomic E-state index is 10.8. The number of hydrogen-bond donors (Lipinski definition) is 2. The minimum absolute atomic E-state index is 0.0695. The predicted molar refractivity (Wildman–Crippen MR) is 94.6 cm³/mol. The van der Waals surface area contributed by atoms with Crippen LogP contribution in [0.3, 0.4) is 0 Å². The summed E-state index contributed by atoms with van der Waals surface area (Å²) in [6.45, 7) is 0. The topological polar surface area (TPSA) is 102 Å². The van der Waals surface area contributed by atoms with E-state index in [-0.39, 0.29) is 17.2 Å². The minimum atomic E-state index is -0.217. The Balaban J connectivity index is 1.72. The maximum Gasteiger partial charge on any atom is 0.174 e. The molecule has 126 valence electrons. The molecule has 0 aliphatic heterocycles. The standard InChI is InChI=1S/C18H12N6O2/c25-16-10-9-15(23-19-11-5-1-2-6-12(11)20-23)18(26)17(16)24-21-13-7-3-4-8-14(13)22-24/h1-10,25-26H. The monoisotopic (exact) mass is 344 g/mol. The second kappa shape index (κ2) is 5.28. The first kappa shape index (κ1) is 14.4. The van der Waals surface area contributed by atoms with Crippen LogP contribution in [0, 0.1) is 0 Å². The summed E-state index contributed by atoms with van der Waals surface area (Å²) in [6.07, 6.45) is 0. The van der Waals surface area contributed by atoms with Crippen LogP contribution in [0.2, 0.25) is 0 Å². The van der Waals surface area contributed by atoms with Crippen molar-refractivity contribution in [3.05, 3.63) is 60.7 Å². The van der Waals surface area contributed by atoms with E-state index in [0.29, 0.717) is 27.8 Å². The highest BCUT2D eigenvalue weighted by Gasteiger charge is 2.19. The number of fused-ring (bicyclic) bond motifs is 2. The highest BCUT2D eigenvalue weighted by Crippen LogP contribution is 2.35. The highest BCUT2D eigenvalue weighted by atomic mass is 16.3. The molecule has 8 nitrogen and oxygen atoms in total. The van der Waals surface area contributed by atoms with Crippen molar-refractivity contribution in [3.8, 4) is 22.9 Å². The van der Waals surface area contributed by atoms with Gasteiger partial charge in [-0.3, -0.25) is 0 Å². The summed E-state index contributed by atoms with van der Waals surface area (Å²) in [6, 6.07) is 17.7. The lowest BCUT2D eigenvalue weighted by Gasteiger charge is -2.09. The van der Waals surface area contributed by atoms with E-state index >= 15 is 0 Å². The SMILES string of the molecule is Oc1ccc(-n2nc3ccccc3n2)c(O)c1-n1nc2ccccc2n1. The van der Waals surface area contributed by atoms with Gasteiger partial charge < -0.3 is 10.2 Å². The Kier molecular flexibility index (Phi) is 2.93. The Morgan fingerprint density at radius 3 is 1.54 bits per heavy atom. The van der Waals surface area contributed by atoms with Crippen LogP contribution in [0.5, 0.6) is 11.5 Å². The van der Waals surface area contributed by atoms with Crippen molar-refractivity contribution in [1.82, 2.24) is 30.0 Å². The molecule has 2 N–H and O–H groups in total. The van der Waals surface area contributed by atoms with Gasteiger partial charge >= 0.3 is 0 Å². The number of phenols is 2. The quantitative estimate of drug-likeness (QED) is 0.510. The molecule has 0 aliphatic rings. The first-order valence-electron chi connectivity index (χ1n) is 7.90. The van der Waals surface area contributed by atoms with Crippen LogP contribution in [-0.2, 0) is 0 Å². The summed E-state index contributed by atoms with van der Waals surface area (Å²) in [5, 5.41) is 38.4. The second-order valence-corrected chi connectivity index (χ2v) is 5.76. The Morgan fingerprint density at radius 1 is 0.577 bits per heavy atom. The summed E-state index contributed by atoms with van der Waals surface area (Å²) in [7, 11) is 0. The Bertz CT molecular complexity index is 1210. The third-order valence-corrected chi connectivity index (χ3v) is 4.10. The Labute approximate surface area is 146 Å². The third kappa shape index (κ3) is 2.09. The minimum Gasteiger partial charge on any atom is -0.505 e. The van der Waals surface area contributed by atoms with Crippen LogP contribution in [0.4, 0.5) is 0 Å². The molecule has 0 spiro atoms. The maximum absolute atomic E-state index is 10.8. The lowest BCUT2D eigenvalue weighted by Crippen LogP contribution is -2.04. The first-order chi connectivity index (χ1) is 12.7. The fourth-order valence-electron chi connectivity index (χ4n) is 2.84. The van der Waals surface area contributed by atoms with Crippen LogP contribution in [-0.4, -0.2) is 40.2 Å². The van der Waals surface area contributed by atoms with Crippen LogP contribution < -0.4 is 0 Å². The van der Waals surface area contributed by atoms with Crippen LogP contribution in [0.15, 0.2) is 60.7 Å². The fraction of sp³-hybridized carbons (Fsp3) is 0. The van der Waals surface area contributed by atoms with Gasteiger partial charge in [-0.05, 0) is 36.4 Å². The Hall–Kier alpha value is -3.94. The van der Waals surface area contributed by atoms with Crippen molar-refractivity contribution in [3.63, 3.8) is 0 Å². The second-order valence-electron chi connectivity index (χ2n) is 5.76. The van der Waals surface area contributed by atoms with Crippen LogP contribution in [0.25, 0.3) is 33.4 Å². The highest BCUT2D eigenvalue weighted by molar-refractivity contribution is 5.76. The van der Waals surface area contributed by atoms with E-state index in [4.69, 9.17) is 0 Å². The molecule has 0 radical (unpaired) electrons. The molecule has 2 aromatic heterocycles. The molecule has 0 bridgehead atoms. The fourth-order valence-corrected chi connectivity index (χ4v) is 2.84. The lowest BCUT2D eigenvalue weighted by atomic mass is 10.2. The van der Waals surface area contributed by atoms with Gasteiger partial charge in [0.25, 0.3) is 0 Å². The number of aromatic hydroxyl groups is 2. The van der Waals surface area contributed by atoms with Gasteiger partial charge in [-0.1, -0.05) is 24.3 Å². The first-order valence-corrected chi connectivity index (χ1v) is 7.90. The van der Waals surface area contributed by atoms with Gasteiger partial charge in [0.05, 0.1) is 0 Å². The predicted octanol–water partition coefficient (Wildman–Crippen LogP) is 2.57. The van der Waals surface area contributed by atoms with Gasteiger partial charge in [-0.25, -0.2) is 0 Å². The van der Waals surface area contributed by atoms with Crippen molar-refractivity contribution in [2.45, 2.75) is 0 Å². The zero-order valence-electron chi connectivity index (χ0n) is 13.4. The molecule has 5 aromatic rings. The molecular formula is C18H12N6O2. The van der Waals surface area contributed by atoms with Crippen LogP contribution >= 0.6 is 0 Å². The van der Waals surface area contributed by atoms with E-state index in [1.807, 2.05) is 36.4 Å². The summed E-state index contributed by atoms with van der Waals surface area (Å²) in [5.74, 6) is -0.367. The molecule has 2 heterocycles. The molecular weight excluding hydrogens is 332 g/mol. The van der Waals surface area contributed by atoms with Gasteiger partial charge in [0.2, 0.25) is 0 Å². The average molecular weight is 344 g/mol. The molecule has 5 rings (SSSR count). The van der Waals surface area contributed by atoms with Crippen molar-refractivity contribution < 1.29 is 10.2 Å². The molecule has 8 heteroatoms. The summed E-state index contributed by atoms with van der Waals surface area (Å²) >= 11 is 0. The van der Waals surface area contributed by atoms with Crippen molar-refractivity contribution in [2.24, 2.45) is 0 Å². The van der Waals surface area contributed by atoms with Crippen molar-refractivity contribution in [1.29, 1.82) is 0 Å². The lowest BCUT2D eigenvalue weighted by molar-refractivity contribution is 0.434. The van der Waals surface area contributed by atoms with Crippen LogP contribution in [0.1, 0.15) is 0 Å². The molecule has 0 amide bonds. The van der Waals surface area contributed by atoms with Crippen molar-refractivity contribution in [2.75, 3.05) is 0 Å².